The number of hydrogen-bond acceptors (Lipinski definition) is 7. The molecule has 0 saturated heterocycles. The van der Waals surface area contributed by atoms with Crippen molar-refractivity contribution in [3.05, 3.63) is 83.7 Å². The molecule has 9 nitrogen and oxygen atoms in total. The number of benzene rings is 2. The van der Waals surface area contributed by atoms with Crippen molar-refractivity contribution in [2.75, 3.05) is 13.2 Å². The summed E-state index contributed by atoms with van der Waals surface area (Å²) in [5.41, 5.74) is 0.687. The Morgan fingerprint density at radius 2 is 1.88 bits per heavy atom. The zero-order valence-electron chi connectivity index (χ0n) is 22.9. The average molecular weight is 593 g/mol. The highest BCUT2D eigenvalue weighted by atomic mass is 19.4. The molecule has 2 amide bonds. The summed E-state index contributed by atoms with van der Waals surface area (Å²) in [7, 11) is 0. The molecule has 1 fully saturated rings. The maximum Gasteiger partial charge on any atom is 0.424 e. The Labute approximate surface area is 243 Å². The van der Waals surface area contributed by atoms with Crippen LogP contribution in [0.25, 0.3) is 22.2 Å². The number of amides is 2. The first-order chi connectivity index (χ1) is 20.4. The molecule has 12 heteroatoms. The summed E-state index contributed by atoms with van der Waals surface area (Å²) in [6.07, 6.45) is -2.03. The molecule has 0 bridgehead atoms. The quantitative estimate of drug-likeness (QED) is 0.280. The average Bonchev–Trinajstić information content (AvgIpc) is 3.74. The second kappa shape index (κ2) is 10.2. The largest absolute Gasteiger partial charge is 0.489 e. The number of nitrogens with two attached hydrogens (primary N) is 1. The number of nitrogens with zero attached hydrogens (tertiary/aromatic N) is 2. The van der Waals surface area contributed by atoms with E-state index >= 15 is 0 Å². The van der Waals surface area contributed by atoms with Crippen LogP contribution < -0.4 is 20.5 Å². The van der Waals surface area contributed by atoms with Gasteiger partial charge < -0.3 is 25.6 Å². The van der Waals surface area contributed by atoms with Gasteiger partial charge in [0.25, 0.3) is 5.91 Å². The number of fused-ring (bicyclic) bond motifs is 2. The molecular weight excluding hydrogens is 565 g/mol. The Hall–Kier alpha value is -4.71. The monoisotopic (exact) mass is 592 g/mol. The van der Waals surface area contributed by atoms with Crippen molar-refractivity contribution >= 4 is 22.7 Å². The maximum absolute atomic E-state index is 14.7. The number of carbonyl (C=O) groups is 2. The van der Waals surface area contributed by atoms with Gasteiger partial charge in [-0.15, -0.1) is 0 Å². The maximum atomic E-state index is 14.7. The predicted octanol–water partition coefficient (Wildman–Crippen LogP) is 4.15. The van der Waals surface area contributed by atoms with Gasteiger partial charge in [-0.25, -0.2) is 4.98 Å². The Balaban J connectivity index is 1.39. The smallest absolute Gasteiger partial charge is 0.424 e. The molecule has 4 aromatic rings. The summed E-state index contributed by atoms with van der Waals surface area (Å²) >= 11 is 0. The van der Waals surface area contributed by atoms with E-state index in [0.717, 1.165) is 18.9 Å². The van der Waals surface area contributed by atoms with E-state index in [-0.39, 0.29) is 35.3 Å². The fourth-order valence-electron chi connectivity index (χ4n) is 4.98. The number of rotatable bonds is 8. The highest BCUT2D eigenvalue weighted by Crippen LogP contribution is 2.47. The normalized spacial score (nSPS) is 19.3. The van der Waals surface area contributed by atoms with Crippen molar-refractivity contribution in [1.82, 2.24) is 15.3 Å². The van der Waals surface area contributed by atoms with Crippen LogP contribution in [0.2, 0.25) is 0 Å². The zero-order valence-corrected chi connectivity index (χ0v) is 22.9. The van der Waals surface area contributed by atoms with Crippen LogP contribution >= 0.6 is 0 Å². The van der Waals surface area contributed by atoms with E-state index in [9.17, 15) is 27.9 Å². The summed E-state index contributed by atoms with van der Waals surface area (Å²) in [6, 6.07) is 15.5. The number of ether oxygens (including phenoxy) is 2. The molecule has 1 unspecified atom stereocenters. The van der Waals surface area contributed by atoms with Gasteiger partial charge >= 0.3 is 6.18 Å². The summed E-state index contributed by atoms with van der Waals surface area (Å²) in [5, 5.41) is 14.1. The van der Waals surface area contributed by atoms with Gasteiger partial charge in [-0.05, 0) is 44.0 Å². The van der Waals surface area contributed by atoms with Crippen molar-refractivity contribution in [2.24, 2.45) is 5.73 Å². The number of primary amides is 1. The summed E-state index contributed by atoms with van der Waals surface area (Å²) in [6.45, 7) is -0.0384. The van der Waals surface area contributed by atoms with E-state index < -0.39 is 41.2 Å². The molecule has 2 aromatic heterocycles. The Morgan fingerprint density at radius 3 is 2.56 bits per heavy atom. The summed E-state index contributed by atoms with van der Waals surface area (Å²) < 4.78 is 55.8. The first kappa shape index (κ1) is 28.4. The van der Waals surface area contributed by atoms with E-state index in [0.29, 0.717) is 22.2 Å². The molecular formula is C31H27F3N4O5. The molecule has 1 saturated carbocycles. The summed E-state index contributed by atoms with van der Waals surface area (Å²) in [5.74, 6) is -1.25. The van der Waals surface area contributed by atoms with Crippen LogP contribution in [0.1, 0.15) is 41.4 Å². The lowest BCUT2D eigenvalue weighted by Crippen LogP contribution is -2.51. The van der Waals surface area contributed by atoms with Crippen LogP contribution in [0, 0.1) is 0 Å². The van der Waals surface area contributed by atoms with Crippen LogP contribution in [0.5, 0.6) is 11.5 Å². The minimum atomic E-state index is -5.29. The fraction of sp³-hybridized carbons (Fsp3) is 0.290. The molecule has 43 heavy (non-hydrogen) atoms. The van der Waals surface area contributed by atoms with Crippen LogP contribution in [-0.4, -0.2) is 52.3 Å². The zero-order chi connectivity index (χ0) is 30.6. The second-order valence-electron chi connectivity index (χ2n) is 11.0. The van der Waals surface area contributed by atoms with E-state index in [1.807, 2.05) is 0 Å². The third-order valence-electron chi connectivity index (χ3n) is 7.81. The number of pyridine rings is 2. The van der Waals surface area contributed by atoms with Gasteiger partial charge in [0.05, 0.1) is 18.3 Å². The molecule has 0 spiro atoms. The van der Waals surface area contributed by atoms with Crippen LogP contribution in [0.15, 0.2) is 66.9 Å². The number of aliphatic hydroxyl groups is 1. The van der Waals surface area contributed by atoms with Crippen molar-refractivity contribution in [3.63, 3.8) is 0 Å². The molecule has 2 aromatic carbocycles. The molecule has 6 rings (SSSR count). The third kappa shape index (κ3) is 5.01. The van der Waals surface area contributed by atoms with Crippen LogP contribution in [0.3, 0.4) is 0 Å². The lowest BCUT2D eigenvalue weighted by atomic mass is 9.81. The molecule has 0 radical (unpaired) electrons. The minimum absolute atomic E-state index is 0.00373. The Kier molecular flexibility index (Phi) is 6.76. The molecule has 2 atom stereocenters. The minimum Gasteiger partial charge on any atom is -0.489 e. The van der Waals surface area contributed by atoms with Crippen molar-refractivity contribution in [3.8, 4) is 22.8 Å². The predicted molar refractivity (Wildman–Crippen MR) is 149 cm³/mol. The molecule has 222 valence electrons. The molecule has 4 N–H and O–H groups in total. The lowest BCUT2D eigenvalue weighted by Gasteiger charge is -2.31. The van der Waals surface area contributed by atoms with Gasteiger partial charge in [-0.3, -0.25) is 14.6 Å². The van der Waals surface area contributed by atoms with Crippen molar-refractivity contribution in [2.45, 2.75) is 43.1 Å². The molecule has 1 aliphatic carbocycles. The number of halogens is 3. The molecule has 3 heterocycles. The number of alkyl halides is 3. The van der Waals surface area contributed by atoms with Gasteiger partial charge in [0.1, 0.15) is 34.7 Å². The van der Waals surface area contributed by atoms with Gasteiger partial charge in [0, 0.05) is 28.3 Å². The Bertz CT molecular complexity index is 1750. The van der Waals surface area contributed by atoms with Gasteiger partial charge in [0.2, 0.25) is 11.5 Å². The van der Waals surface area contributed by atoms with Crippen molar-refractivity contribution < 1.29 is 37.3 Å². The number of nitrogens with one attached hydrogen (secondary N) is 1. The van der Waals surface area contributed by atoms with Gasteiger partial charge in [-0.2, -0.15) is 13.2 Å². The highest BCUT2D eigenvalue weighted by Gasteiger charge is 2.57. The number of carbonyl (C=O) groups excluding carboxylic acids is 2. The van der Waals surface area contributed by atoms with E-state index in [1.165, 1.54) is 19.1 Å². The van der Waals surface area contributed by atoms with E-state index in [4.69, 9.17) is 15.2 Å². The first-order valence-electron chi connectivity index (χ1n) is 13.6. The molecule has 1 aliphatic heterocycles. The highest BCUT2D eigenvalue weighted by molar-refractivity contribution is 6.00. The lowest BCUT2D eigenvalue weighted by molar-refractivity contribution is -0.265. The topological polar surface area (TPSA) is 137 Å². The Morgan fingerprint density at radius 1 is 1.14 bits per heavy atom. The van der Waals surface area contributed by atoms with Gasteiger partial charge in [-0.1, -0.05) is 36.4 Å². The first-order valence-corrected chi connectivity index (χ1v) is 13.6. The van der Waals surface area contributed by atoms with Crippen molar-refractivity contribution in [1.29, 1.82) is 0 Å². The standard InChI is InChI=1S/C31H27F3N4O5/c1-29(28(35)40)16-42-26-21(29)14-23(38-25(26)17-6-3-2-4-7-17)30(41,31(32,33)34)15-37-27(39)19-12-18-8-5-11-36-24(18)22(13-19)43-20-9-10-20/h2-8,11-14,20,41H,9-10,15-16H2,1H3,(H2,35,40)(H,37,39)/t29-,30?/m0/s1. The van der Waals surface area contributed by atoms with E-state index in [1.54, 1.807) is 48.7 Å². The number of aromatic nitrogens is 2. The van der Waals surface area contributed by atoms with E-state index in [2.05, 4.69) is 15.3 Å². The SMILES string of the molecule is C[C@]1(C(N)=O)COc2c1cc(C(O)(CNC(=O)c1cc(OC3CC3)c3ncccc3c1)C(F)(F)F)nc2-c1ccccc1. The fourth-order valence-corrected chi connectivity index (χ4v) is 4.98. The van der Waals surface area contributed by atoms with Crippen LogP contribution in [0.4, 0.5) is 13.2 Å². The van der Waals surface area contributed by atoms with Crippen LogP contribution in [-0.2, 0) is 15.8 Å². The molecule has 2 aliphatic rings. The third-order valence-corrected chi connectivity index (χ3v) is 7.81. The second-order valence-corrected chi connectivity index (χ2v) is 11.0. The number of hydrogen-bond donors (Lipinski definition) is 3. The summed E-state index contributed by atoms with van der Waals surface area (Å²) in [4.78, 5) is 34.2. The van der Waals surface area contributed by atoms with Gasteiger partial charge in [0.15, 0.2) is 0 Å².